The standard InChI is InChI=1S/C8H9Cl2FN2O/c1-12-6(3-14)4-2-5(11)8(10)13-7(4)9/h2,6,12,14H,3H2,1H3. The van der Waals surface area contributed by atoms with Gasteiger partial charge in [0.1, 0.15) is 5.15 Å². The lowest BCUT2D eigenvalue weighted by molar-refractivity contribution is 0.250. The number of nitrogens with zero attached hydrogens (tertiary/aromatic N) is 1. The average Bonchev–Trinajstić information content (AvgIpc) is 2.15. The zero-order chi connectivity index (χ0) is 10.7. The summed E-state index contributed by atoms with van der Waals surface area (Å²) >= 11 is 11.2. The first-order chi connectivity index (χ1) is 6.60. The molecule has 0 spiro atoms. The smallest absolute Gasteiger partial charge is 0.166 e. The molecule has 1 aromatic rings. The maximum Gasteiger partial charge on any atom is 0.166 e. The third kappa shape index (κ3) is 2.33. The van der Waals surface area contributed by atoms with Crippen LogP contribution in [0.25, 0.3) is 0 Å². The van der Waals surface area contributed by atoms with Crippen LogP contribution < -0.4 is 5.32 Å². The lowest BCUT2D eigenvalue weighted by Crippen LogP contribution is -2.20. The Labute approximate surface area is 90.9 Å². The van der Waals surface area contributed by atoms with Crippen LogP contribution in [0.15, 0.2) is 6.07 Å². The van der Waals surface area contributed by atoms with Crippen molar-refractivity contribution in [2.45, 2.75) is 6.04 Å². The van der Waals surface area contributed by atoms with Gasteiger partial charge in [0.05, 0.1) is 12.6 Å². The topological polar surface area (TPSA) is 45.1 Å². The van der Waals surface area contributed by atoms with Crippen molar-refractivity contribution in [2.75, 3.05) is 13.7 Å². The molecule has 1 unspecified atom stereocenters. The fourth-order valence-corrected chi connectivity index (χ4v) is 1.50. The number of aromatic nitrogens is 1. The van der Waals surface area contributed by atoms with E-state index in [-0.39, 0.29) is 16.9 Å². The van der Waals surface area contributed by atoms with Gasteiger partial charge in [-0.3, -0.25) is 0 Å². The molecule has 1 atom stereocenters. The molecule has 0 aliphatic carbocycles. The molecule has 0 radical (unpaired) electrons. The summed E-state index contributed by atoms with van der Waals surface area (Å²) in [4.78, 5) is 3.59. The van der Waals surface area contributed by atoms with Gasteiger partial charge < -0.3 is 10.4 Å². The predicted octanol–water partition coefficient (Wildman–Crippen LogP) is 1.78. The molecule has 1 rings (SSSR count). The van der Waals surface area contributed by atoms with Crippen LogP contribution in [-0.4, -0.2) is 23.7 Å². The van der Waals surface area contributed by atoms with Crippen LogP contribution >= 0.6 is 23.2 Å². The number of likely N-dealkylation sites (N-methyl/N-ethyl adjacent to an activating group) is 1. The minimum absolute atomic E-state index is 0.0878. The molecule has 3 nitrogen and oxygen atoms in total. The van der Waals surface area contributed by atoms with E-state index in [1.54, 1.807) is 7.05 Å². The number of hydrogen-bond acceptors (Lipinski definition) is 3. The van der Waals surface area contributed by atoms with Gasteiger partial charge >= 0.3 is 0 Å². The monoisotopic (exact) mass is 238 g/mol. The van der Waals surface area contributed by atoms with E-state index in [0.29, 0.717) is 5.56 Å². The van der Waals surface area contributed by atoms with Gasteiger partial charge in [0, 0.05) is 5.56 Å². The Morgan fingerprint density at radius 2 is 2.21 bits per heavy atom. The maximum absolute atomic E-state index is 13.0. The Kier molecular flexibility index (Phi) is 4.07. The molecule has 0 aromatic carbocycles. The molecular weight excluding hydrogens is 230 g/mol. The fraction of sp³-hybridized carbons (Fsp3) is 0.375. The van der Waals surface area contributed by atoms with E-state index in [4.69, 9.17) is 28.3 Å². The van der Waals surface area contributed by atoms with Crippen LogP contribution in [0.4, 0.5) is 4.39 Å². The summed E-state index contributed by atoms with van der Waals surface area (Å²) in [5, 5.41) is 11.5. The molecule has 0 bridgehead atoms. The largest absolute Gasteiger partial charge is 0.394 e. The zero-order valence-electron chi connectivity index (χ0n) is 7.39. The number of hydrogen-bond donors (Lipinski definition) is 2. The molecule has 78 valence electrons. The van der Waals surface area contributed by atoms with E-state index in [9.17, 15) is 4.39 Å². The van der Waals surface area contributed by atoms with Crippen LogP contribution in [-0.2, 0) is 0 Å². The first-order valence-corrected chi connectivity index (χ1v) is 4.65. The zero-order valence-corrected chi connectivity index (χ0v) is 8.90. The number of aliphatic hydroxyl groups is 1. The van der Waals surface area contributed by atoms with E-state index in [1.165, 1.54) is 0 Å². The Hall–Kier alpha value is -0.420. The Bertz CT molecular complexity index is 331. The molecule has 0 aliphatic rings. The molecule has 1 heterocycles. The second kappa shape index (κ2) is 4.89. The summed E-state index contributed by atoms with van der Waals surface area (Å²) in [6, 6.07) is 0.719. The van der Waals surface area contributed by atoms with Crippen LogP contribution in [0.1, 0.15) is 11.6 Å². The van der Waals surface area contributed by atoms with Gasteiger partial charge in [0.15, 0.2) is 11.0 Å². The molecule has 14 heavy (non-hydrogen) atoms. The highest BCUT2D eigenvalue weighted by atomic mass is 35.5. The third-order valence-electron chi connectivity index (χ3n) is 1.82. The lowest BCUT2D eigenvalue weighted by atomic mass is 10.1. The number of halogens is 3. The Morgan fingerprint density at radius 3 is 2.71 bits per heavy atom. The van der Waals surface area contributed by atoms with Crippen molar-refractivity contribution in [2.24, 2.45) is 0 Å². The van der Waals surface area contributed by atoms with Crippen LogP contribution in [0.5, 0.6) is 0 Å². The SMILES string of the molecule is CNC(CO)c1cc(F)c(Cl)nc1Cl. The van der Waals surface area contributed by atoms with Crippen molar-refractivity contribution in [1.29, 1.82) is 0 Å². The summed E-state index contributed by atoms with van der Waals surface area (Å²) < 4.78 is 13.0. The van der Waals surface area contributed by atoms with Gasteiger partial charge in [-0.15, -0.1) is 0 Å². The molecule has 6 heteroatoms. The van der Waals surface area contributed by atoms with Crippen molar-refractivity contribution in [3.8, 4) is 0 Å². The summed E-state index contributed by atoms with van der Waals surface area (Å²) in [6.45, 7) is -0.195. The Balaban J connectivity index is 3.14. The highest BCUT2D eigenvalue weighted by Gasteiger charge is 2.15. The van der Waals surface area contributed by atoms with E-state index < -0.39 is 11.9 Å². The van der Waals surface area contributed by atoms with E-state index >= 15 is 0 Å². The van der Waals surface area contributed by atoms with Crippen molar-refractivity contribution >= 4 is 23.2 Å². The van der Waals surface area contributed by atoms with Crippen molar-refractivity contribution in [1.82, 2.24) is 10.3 Å². The summed E-state index contributed by atoms with van der Waals surface area (Å²) in [7, 11) is 1.63. The number of aliphatic hydroxyl groups excluding tert-OH is 1. The second-order valence-electron chi connectivity index (χ2n) is 2.66. The van der Waals surface area contributed by atoms with E-state index in [0.717, 1.165) is 6.07 Å². The molecule has 0 aliphatic heterocycles. The van der Waals surface area contributed by atoms with E-state index in [2.05, 4.69) is 10.3 Å². The normalized spacial score (nSPS) is 12.9. The molecule has 1 aromatic heterocycles. The van der Waals surface area contributed by atoms with Crippen LogP contribution in [0.2, 0.25) is 10.3 Å². The summed E-state index contributed by atoms with van der Waals surface area (Å²) in [6.07, 6.45) is 0. The number of nitrogens with one attached hydrogen (secondary N) is 1. The molecular formula is C8H9Cl2FN2O. The van der Waals surface area contributed by atoms with Gasteiger partial charge in [-0.05, 0) is 13.1 Å². The quantitative estimate of drug-likeness (QED) is 0.790. The van der Waals surface area contributed by atoms with Crippen molar-refractivity contribution in [3.63, 3.8) is 0 Å². The van der Waals surface area contributed by atoms with Crippen molar-refractivity contribution < 1.29 is 9.50 Å². The lowest BCUT2D eigenvalue weighted by Gasteiger charge is -2.14. The summed E-state index contributed by atoms with van der Waals surface area (Å²) in [5.41, 5.74) is 0.388. The minimum atomic E-state index is -0.653. The Morgan fingerprint density at radius 1 is 1.57 bits per heavy atom. The van der Waals surface area contributed by atoms with Gasteiger partial charge in [-0.2, -0.15) is 0 Å². The molecule has 0 amide bonds. The van der Waals surface area contributed by atoms with E-state index in [1.807, 2.05) is 0 Å². The highest BCUT2D eigenvalue weighted by molar-refractivity contribution is 6.33. The number of rotatable bonds is 3. The van der Waals surface area contributed by atoms with Gasteiger partial charge in [-0.1, -0.05) is 23.2 Å². The predicted molar refractivity (Wildman–Crippen MR) is 53.1 cm³/mol. The maximum atomic E-state index is 13.0. The second-order valence-corrected chi connectivity index (χ2v) is 3.38. The minimum Gasteiger partial charge on any atom is -0.394 e. The first kappa shape index (κ1) is 11.7. The van der Waals surface area contributed by atoms with Crippen LogP contribution in [0, 0.1) is 5.82 Å². The molecule has 0 saturated heterocycles. The molecule has 0 fully saturated rings. The summed E-state index contributed by atoms with van der Waals surface area (Å²) in [5.74, 6) is -0.653. The highest BCUT2D eigenvalue weighted by Crippen LogP contribution is 2.25. The van der Waals surface area contributed by atoms with Gasteiger partial charge in [0.25, 0.3) is 0 Å². The van der Waals surface area contributed by atoms with Crippen molar-refractivity contribution in [3.05, 3.63) is 27.8 Å². The van der Waals surface area contributed by atoms with Gasteiger partial charge in [-0.25, -0.2) is 9.37 Å². The van der Waals surface area contributed by atoms with Gasteiger partial charge in [0.2, 0.25) is 0 Å². The molecule has 2 N–H and O–H groups in total. The first-order valence-electron chi connectivity index (χ1n) is 3.89. The third-order valence-corrected chi connectivity index (χ3v) is 2.39. The number of pyridine rings is 1. The fourth-order valence-electron chi connectivity index (χ4n) is 1.05. The van der Waals surface area contributed by atoms with Crippen LogP contribution in [0.3, 0.4) is 0 Å². The average molecular weight is 239 g/mol. The molecule has 0 saturated carbocycles.